The number of ether oxygens (including phenoxy) is 2. The van der Waals surface area contributed by atoms with Crippen molar-refractivity contribution in [1.82, 2.24) is 0 Å². The highest BCUT2D eigenvalue weighted by molar-refractivity contribution is 7.92. The van der Waals surface area contributed by atoms with Crippen LogP contribution in [0.3, 0.4) is 0 Å². The lowest BCUT2D eigenvalue weighted by Crippen LogP contribution is -2.20. The van der Waals surface area contributed by atoms with E-state index in [0.29, 0.717) is 23.7 Å². The molecule has 3 aromatic carbocycles. The highest BCUT2D eigenvalue weighted by Crippen LogP contribution is 2.19. The van der Waals surface area contributed by atoms with Crippen molar-refractivity contribution in [3.8, 4) is 5.75 Å². The van der Waals surface area contributed by atoms with E-state index in [4.69, 9.17) is 9.47 Å². The summed E-state index contributed by atoms with van der Waals surface area (Å²) in [5.41, 5.74) is 1.80. The van der Waals surface area contributed by atoms with Gasteiger partial charge in [0, 0.05) is 11.4 Å². The third-order valence-electron chi connectivity index (χ3n) is 4.42. The summed E-state index contributed by atoms with van der Waals surface area (Å²) in [6.45, 7) is 1.83. The summed E-state index contributed by atoms with van der Waals surface area (Å²) < 4.78 is 37.8. The zero-order valence-electron chi connectivity index (χ0n) is 18.0. The van der Waals surface area contributed by atoms with Gasteiger partial charge in [-0.15, -0.1) is 0 Å². The molecule has 33 heavy (non-hydrogen) atoms. The maximum Gasteiger partial charge on any atom is 0.310 e. The minimum atomic E-state index is -3.73. The zero-order valence-corrected chi connectivity index (χ0v) is 18.8. The highest BCUT2D eigenvalue weighted by atomic mass is 32.2. The lowest BCUT2D eigenvalue weighted by molar-refractivity contribution is -0.142. The third kappa shape index (κ3) is 7.36. The van der Waals surface area contributed by atoms with Gasteiger partial charge < -0.3 is 14.8 Å². The SMILES string of the molecule is CCOC(=O)Cc1ccc(NC(=O)COc2ccc(S(=O)(=O)Nc3ccccc3)cc2)cc1. The van der Waals surface area contributed by atoms with Crippen LogP contribution in [0.25, 0.3) is 0 Å². The monoisotopic (exact) mass is 468 g/mol. The predicted octanol–water partition coefficient (Wildman–Crippen LogP) is 3.61. The Morgan fingerprint density at radius 1 is 0.848 bits per heavy atom. The number of hydrogen-bond donors (Lipinski definition) is 2. The van der Waals surface area contributed by atoms with Crippen LogP contribution in [0.15, 0.2) is 83.8 Å². The Bertz CT molecular complexity index is 1180. The number of nitrogens with one attached hydrogen (secondary N) is 2. The third-order valence-corrected chi connectivity index (χ3v) is 5.82. The molecule has 0 aliphatic heterocycles. The summed E-state index contributed by atoms with van der Waals surface area (Å²) in [6, 6.07) is 21.2. The molecule has 0 aromatic heterocycles. The molecule has 0 radical (unpaired) electrons. The Balaban J connectivity index is 1.50. The molecule has 0 unspecified atom stereocenters. The molecule has 1 amide bonds. The molecular weight excluding hydrogens is 444 g/mol. The molecule has 2 N–H and O–H groups in total. The smallest absolute Gasteiger partial charge is 0.310 e. The summed E-state index contributed by atoms with van der Waals surface area (Å²) >= 11 is 0. The van der Waals surface area contributed by atoms with Crippen molar-refractivity contribution in [2.24, 2.45) is 0 Å². The molecule has 0 atom stereocenters. The number of benzene rings is 3. The lowest BCUT2D eigenvalue weighted by Gasteiger charge is -2.10. The van der Waals surface area contributed by atoms with Gasteiger partial charge in [-0.25, -0.2) is 8.42 Å². The first-order valence-electron chi connectivity index (χ1n) is 10.2. The van der Waals surface area contributed by atoms with Crippen LogP contribution in [0, 0.1) is 0 Å². The number of para-hydroxylation sites is 1. The van der Waals surface area contributed by atoms with Crippen LogP contribution < -0.4 is 14.8 Å². The summed E-state index contributed by atoms with van der Waals surface area (Å²) in [7, 11) is -3.73. The van der Waals surface area contributed by atoms with E-state index in [1.807, 2.05) is 0 Å². The van der Waals surface area contributed by atoms with Crippen LogP contribution in [-0.2, 0) is 30.8 Å². The number of anilines is 2. The van der Waals surface area contributed by atoms with Gasteiger partial charge >= 0.3 is 5.97 Å². The van der Waals surface area contributed by atoms with E-state index in [9.17, 15) is 18.0 Å². The number of rotatable bonds is 10. The molecule has 172 valence electrons. The topological polar surface area (TPSA) is 111 Å². The van der Waals surface area contributed by atoms with Gasteiger partial charge in [0.25, 0.3) is 15.9 Å². The first-order valence-corrected chi connectivity index (χ1v) is 11.7. The van der Waals surface area contributed by atoms with Crippen molar-refractivity contribution in [1.29, 1.82) is 0 Å². The number of esters is 1. The van der Waals surface area contributed by atoms with E-state index >= 15 is 0 Å². The Labute approximate surface area is 192 Å². The van der Waals surface area contributed by atoms with Crippen LogP contribution in [0.1, 0.15) is 12.5 Å². The maximum atomic E-state index is 12.5. The first kappa shape index (κ1) is 23.8. The van der Waals surface area contributed by atoms with E-state index in [-0.39, 0.29) is 29.8 Å². The van der Waals surface area contributed by atoms with Crippen molar-refractivity contribution in [2.45, 2.75) is 18.2 Å². The molecule has 0 fully saturated rings. The van der Waals surface area contributed by atoms with Crippen molar-refractivity contribution in [2.75, 3.05) is 23.3 Å². The van der Waals surface area contributed by atoms with Gasteiger partial charge in [-0.2, -0.15) is 0 Å². The molecule has 0 aliphatic rings. The average Bonchev–Trinajstić information content (AvgIpc) is 2.80. The Hall–Kier alpha value is -3.85. The average molecular weight is 469 g/mol. The standard InChI is InChI=1S/C24H24N2O6S/c1-2-31-24(28)16-18-8-10-19(11-9-18)25-23(27)17-32-21-12-14-22(15-13-21)33(29,30)26-20-6-4-3-5-7-20/h3-15,26H,2,16-17H2,1H3,(H,25,27). The van der Waals surface area contributed by atoms with Gasteiger partial charge in [-0.1, -0.05) is 30.3 Å². The predicted molar refractivity (Wildman–Crippen MR) is 125 cm³/mol. The minimum Gasteiger partial charge on any atom is -0.484 e. The molecule has 9 heteroatoms. The van der Waals surface area contributed by atoms with Crippen molar-refractivity contribution in [3.63, 3.8) is 0 Å². The van der Waals surface area contributed by atoms with Gasteiger partial charge in [0.15, 0.2) is 6.61 Å². The molecule has 0 saturated heterocycles. The van der Waals surface area contributed by atoms with Crippen molar-refractivity contribution < 1.29 is 27.5 Å². The van der Waals surface area contributed by atoms with Gasteiger partial charge in [0.1, 0.15) is 5.75 Å². The maximum absolute atomic E-state index is 12.5. The van der Waals surface area contributed by atoms with Crippen LogP contribution in [0.4, 0.5) is 11.4 Å². The summed E-state index contributed by atoms with van der Waals surface area (Å²) in [5, 5.41) is 2.69. The van der Waals surface area contributed by atoms with E-state index in [1.54, 1.807) is 61.5 Å². The molecule has 0 aliphatic carbocycles. The Kier molecular flexibility index (Phi) is 8.04. The second-order valence-corrected chi connectivity index (χ2v) is 8.64. The largest absolute Gasteiger partial charge is 0.484 e. The van der Waals surface area contributed by atoms with Gasteiger partial charge in [0.2, 0.25) is 0 Å². The number of amides is 1. The lowest BCUT2D eigenvalue weighted by atomic mass is 10.1. The molecule has 8 nitrogen and oxygen atoms in total. The molecule has 0 spiro atoms. The van der Waals surface area contributed by atoms with Crippen LogP contribution in [-0.4, -0.2) is 33.5 Å². The molecule has 0 heterocycles. The van der Waals surface area contributed by atoms with Crippen molar-refractivity contribution >= 4 is 33.3 Å². The van der Waals surface area contributed by atoms with Crippen LogP contribution in [0.5, 0.6) is 5.75 Å². The number of hydrogen-bond acceptors (Lipinski definition) is 6. The summed E-state index contributed by atoms with van der Waals surface area (Å²) in [5.74, 6) is -0.332. The fourth-order valence-electron chi connectivity index (χ4n) is 2.87. The van der Waals surface area contributed by atoms with E-state index < -0.39 is 10.0 Å². The zero-order chi connectivity index (χ0) is 23.7. The van der Waals surface area contributed by atoms with E-state index in [1.165, 1.54) is 24.3 Å². The Morgan fingerprint density at radius 2 is 1.52 bits per heavy atom. The molecule has 3 aromatic rings. The van der Waals surface area contributed by atoms with E-state index in [0.717, 1.165) is 5.56 Å². The Morgan fingerprint density at radius 3 is 2.15 bits per heavy atom. The summed E-state index contributed by atoms with van der Waals surface area (Å²) in [6.07, 6.45) is 0.164. The highest BCUT2D eigenvalue weighted by Gasteiger charge is 2.14. The second kappa shape index (κ2) is 11.1. The van der Waals surface area contributed by atoms with Gasteiger partial charge in [-0.05, 0) is 61.0 Å². The van der Waals surface area contributed by atoms with Gasteiger partial charge in [-0.3, -0.25) is 14.3 Å². The molecule has 3 rings (SSSR count). The van der Waals surface area contributed by atoms with Gasteiger partial charge in [0.05, 0.1) is 17.9 Å². The number of carbonyl (C=O) groups is 2. The van der Waals surface area contributed by atoms with E-state index in [2.05, 4.69) is 10.0 Å². The summed E-state index contributed by atoms with van der Waals surface area (Å²) in [4.78, 5) is 23.7. The fraction of sp³-hybridized carbons (Fsp3) is 0.167. The number of carbonyl (C=O) groups excluding carboxylic acids is 2. The normalized spacial score (nSPS) is 10.8. The molecular formula is C24H24N2O6S. The molecule has 0 saturated carbocycles. The van der Waals surface area contributed by atoms with Crippen molar-refractivity contribution in [3.05, 3.63) is 84.4 Å². The minimum absolute atomic E-state index is 0.0751. The fourth-order valence-corrected chi connectivity index (χ4v) is 3.92. The second-order valence-electron chi connectivity index (χ2n) is 6.96. The quantitative estimate of drug-likeness (QED) is 0.440. The first-order chi connectivity index (χ1) is 15.9. The van der Waals surface area contributed by atoms with Crippen LogP contribution in [0.2, 0.25) is 0 Å². The number of sulfonamides is 1. The van der Waals surface area contributed by atoms with Crippen LogP contribution >= 0.6 is 0 Å². The molecule has 0 bridgehead atoms.